The molecule has 0 fully saturated rings. The van der Waals surface area contributed by atoms with Crippen molar-refractivity contribution in [3.8, 4) is 0 Å². The fourth-order valence-electron chi connectivity index (χ4n) is 0.578. The molecule has 0 atom stereocenters. The summed E-state index contributed by atoms with van der Waals surface area (Å²) in [6.45, 7) is 2.01. The molecule has 54 valence electrons. The number of aryl methyl sites for hydroxylation is 1. The number of anilines is 1. The van der Waals surface area contributed by atoms with Crippen LogP contribution in [0.15, 0.2) is 12.3 Å². The first-order valence-electron chi connectivity index (χ1n) is 2.83. The first kappa shape index (κ1) is 7.74. The number of nitrogens with zero attached hydrogens (tertiary/aromatic N) is 1. The summed E-state index contributed by atoms with van der Waals surface area (Å²) in [5.41, 5.74) is 3.65. The Bertz CT molecular complexity index is 236. The molecular formula is C6H8IN3. The van der Waals surface area contributed by atoms with Crippen LogP contribution in [0.3, 0.4) is 0 Å². The van der Waals surface area contributed by atoms with E-state index in [4.69, 9.17) is 5.84 Å². The van der Waals surface area contributed by atoms with Gasteiger partial charge in [0, 0.05) is 9.77 Å². The Labute approximate surface area is 73.1 Å². The van der Waals surface area contributed by atoms with Gasteiger partial charge in [0.1, 0.15) is 5.82 Å². The summed E-state index contributed by atoms with van der Waals surface area (Å²) >= 11 is 2.24. The van der Waals surface area contributed by atoms with Crippen molar-refractivity contribution in [1.29, 1.82) is 0 Å². The van der Waals surface area contributed by atoms with Crippen LogP contribution >= 0.6 is 22.6 Å². The van der Waals surface area contributed by atoms with Crippen LogP contribution in [0.5, 0.6) is 0 Å². The van der Waals surface area contributed by atoms with Crippen molar-refractivity contribution in [2.45, 2.75) is 6.92 Å². The third kappa shape index (κ3) is 1.57. The number of hydrogen-bond acceptors (Lipinski definition) is 3. The summed E-state index contributed by atoms with van der Waals surface area (Å²) in [6.07, 6.45) is 1.79. The van der Waals surface area contributed by atoms with Gasteiger partial charge in [-0.3, -0.25) is 0 Å². The van der Waals surface area contributed by atoms with Crippen LogP contribution in [-0.4, -0.2) is 4.98 Å². The normalized spacial score (nSPS) is 9.50. The van der Waals surface area contributed by atoms with Crippen molar-refractivity contribution < 1.29 is 0 Å². The molecule has 0 aliphatic carbocycles. The second-order valence-corrected chi connectivity index (χ2v) is 3.13. The highest BCUT2D eigenvalue weighted by Gasteiger charge is 1.94. The van der Waals surface area contributed by atoms with Gasteiger partial charge in [-0.1, -0.05) is 0 Å². The van der Waals surface area contributed by atoms with Crippen LogP contribution in [-0.2, 0) is 0 Å². The van der Waals surface area contributed by atoms with Crippen molar-refractivity contribution in [2.24, 2.45) is 5.84 Å². The highest BCUT2D eigenvalue weighted by molar-refractivity contribution is 14.1. The minimum absolute atomic E-state index is 0.704. The number of nitrogen functional groups attached to an aromatic ring is 1. The van der Waals surface area contributed by atoms with Gasteiger partial charge in [-0.2, -0.15) is 0 Å². The van der Waals surface area contributed by atoms with Crippen LogP contribution in [0.25, 0.3) is 0 Å². The molecule has 10 heavy (non-hydrogen) atoms. The van der Waals surface area contributed by atoms with Crippen molar-refractivity contribution in [1.82, 2.24) is 4.98 Å². The summed E-state index contributed by atoms with van der Waals surface area (Å²) in [5, 5.41) is 0. The molecule has 0 amide bonds. The van der Waals surface area contributed by atoms with Crippen LogP contribution in [0.4, 0.5) is 5.82 Å². The maximum Gasteiger partial charge on any atom is 0.140 e. The van der Waals surface area contributed by atoms with Gasteiger partial charge in [-0.25, -0.2) is 10.8 Å². The van der Waals surface area contributed by atoms with E-state index in [9.17, 15) is 0 Å². The number of halogens is 1. The molecule has 0 saturated heterocycles. The summed E-state index contributed by atoms with van der Waals surface area (Å²) in [4.78, 5) is 4.02. The summed E-state index contributed by atoms with van der Waals surface area (Å²) in [6, 6.07) is 1.90. The molecule has 1 aromatic rings. The molecule has 1 rings (SSSR count). The fourth-order valence-corrected chi connectivity index (χ4v) is 1.01. The predicted molar refractivity (Wildman–Crippen MR) is 49.5 cm³/mol. The third-order valence-corrected chi connectivity index (χ3v) is 2.35. The average Bonchev–Trinajstić information content (AvgIpc) is 1.95. The van der Waals surface area contributed by atoms with Gasteiger partial charge in [-0.05, 0) is 41.1 Å². The molecule has 1 aromatic heterocycles. The van der Waals surface area contributed by atoms with Crippen molar-refractivity contribution in [2.75, 3.05) is 5.43 Å². The quantitative estimate of drug-likeness (QED) is 0.448. The van der Waals surface area contributed by atoms with E-state index < -0.39 is 0 Å². The summed E-state index contributed by atoms with van der Waals surface area (Å²) < 4.78 is 1.17. The van der Waals surface area contributed by atoms with Gasteiger partial charge in [0.05, 0.1) is 0 Å². The minimum atomic E-state index is 0.704. The van der Waals surface area contributed by atoms with E-state index in [-0.39, 0.29) is 0 Å². The van der Waals surface area contributed by atoms with E-state index in [1.807, 2.05) is 13.0 Å². The molecule has 3 N–H and O–H groups in total. The zero-order valence-corrected chi connectivity index (χ0v) is 7.71. The first-order chi connectivity index (χ1) is 4.74. The predicted octanol–water partition coefficient (Wildman–Crippen LogP) is 1.28. The molecule has 0 aromatic carbocycles. The van der Waals surface area contributed by atoms with E-state index >= 15 is 0 Å². The molecule has 0 unspecified atom stereocenters. The third-order valence-electron chi connectivity index (χ3n) is 1.19. The Balaban J connectivity index is 3.04. The number of hydrazine groups is 1. The molecule has 0 spiro atoms. The topological polar surface area (TPSA) is 50.9 Å². The number of rotatable bonds is 1. The Hall–Kier alpha value is -0.360. The van der Waals surface area contributed by atoms with E-state index in [0.717, 1.165) is 0 Å². The highest BCUT2D eigenvalue weighted by Crippen LogP contribution is 2.12. The number of pyridine rings is 1. The summed E-state index contributed by atoms with van der Waals surface area (Å²) in [5.74, 6) is 5.86. The molecule has 0 aliphatic heterocycles. The molecular weight excluding hydrogens is 241 g/mol. The molecule has 3 nitrogen and oxygen atoms in total. The van der Waals surface area contributed by atoms with Gasteiger partial charge in [0.15, 0.2) is 0 Å². The van der Waals surface area contributed by atoms with Crippen molar-refractivity contribution in [3.05, 3.63) is 21.4 Å². The van der Waals surface area contributed by atoms with Gasteiger partial charge >= 0.3 is 0 Å². The van der Waals surface area contributed by atoms with Crippen LogP contribution < -0.4 is 11.3 Å². The lowest BCUT2D eigenvalue weighted by Gasteiger charge is -2.00. The van der Waals surface area contributed by atoms with Crippen LogP contribution in [0.1, 0.15) is 5.56 Å². The summed E-state index contributed by atoms with van der Waals surface area (Å²) in [7, 11) is 0. The van der Waals surface area contributed by atoms with E-state index in [1.54, 1.807) is 6.20 Å². The smallest absolute Gasteiger partial charge is 0.140 e. The molecule has 0 saturated carbocycles. The first-order valence-corrected chi connectivity index (χ1v) is 3.90. The minimum Gasteiger partial charge on any atom is -0.308 e. The Morgan fingerprint density at radius 2 is 2.40 bits per heavy atom. The Morgan fingerprint density at radius 1 is 1.70 bits per heavy atom. The molecule has 0 radical (unpaired) electrons. The maximum atomic E-state index is 5.15. The van der Waals surface area contributed by atoms with Crippen LogP contribution in [0, 0.1) is 10.5 Å². The Kier molecular flexibility index (Phi) is 2.44. The highest BCUT2D eigenvalue weighted by atomic mass is 127. The lowest BCUT2D eigenvalue weighted by atomic mass is 10.3. The molecule has 1 heterocycles. The largest absolute Gasteiger partial charge is 0.308 e. The average molecular weight is 249 g/mol. The number of aromatic nitrogens is 1. The van der Waals surface area contributed by atoms with Gasteiger partial charge in [0.2, 0.25) is 0 Å². The fraction of sp³-hybridized carbons (Fsp3) is 0.167. The van der Waals surface area contributed by atoms with E-state index in [0.29, 0.717) is 5.82 Å². The standard InChI is InChI=1S/C6H8IN3/c1-4-3-9-6(10-8)2-5(4)7/h2-3H,8H2,1H3,(H,9,10). The monoisotopic (exact) mass is 249 g/mol. The van der Waals surface area contributed by atoms with Crippen molar-refractivity contribution >= 4 is 28.4 Å². The van der Waals surface area contributed by atoms with Gasteiger partial charge in [0.25, 0.3) is 0 Å². The number of nitrogens with one attached hydrogen (secondary N) is 1. The van der Waals surface area contributed by atoms with E-state index in [1.165, 1.54) is 9.13 Å². The van der Waals surface area contributed by atoms with E-state index in [2.05, 4.69) is 33.0 Å². The number of hydrogen-bond donors (Lipinski definition) is 2. The molecule has 0 aliphatic rings. The zero-order valence-electron chi connectivity index (χ0n) is 5.56. The van der Waals surface area contributed by atoms with Gasteiger partial charge < -0.3 is 5.43 Å². The van der Waals surface area contributed by atoms with Crippen LogP contribution in [0.2, 0.25) is 0 Å². The maximum absolute atomic E-state index is 5.15. The second kappa shape index (κ2) is 3.16. The molecule has 0 bridgehead atoms. The Morgan fingerprint density at radius 3 is 2.90 bits per heavy atom. The zero-order chi connectivity index (χ0) is 7.56. The molecule has 4 heteroatoms. The lowest BCUT2D eigenvalue weighted by molar-refractivity contribution is 1.19. The van der Waals surface area contributed by atoms with Gasteiger partial charge in [-0.15, -0.1) is 0 Å². The second-order valence-electron chi connectivity index (χ2n) is 1.96. The lowest BCUT2D eigenvalue weighted by Crippen LogP contribution is -2.08. The van der Waals surface area contributed by atoms with Crippen molar-refractivity contribution in [3.63, 3.8) is 0 Å². The SMILES string of the molecule is Cc1cnc(NN)cc1I. The number of nitrogens with two attached hydrogens (primary N) is 1.